The molecule has 1 aromatic carbocycles. The summed E-state index contributed by atoms with van der Waals surface area (Å²) < 4.78 is 3.25. The first-order chi connectivity index (χ1) is 12.2. The summed E-state index contributed by atoms with van der Waals surface area (Å²) in [5, 5.41) is 17.6. The van der Waals surface area contributed by atoms with Gasteiger partial charge >= 0.3 is 0 Å². The van der Waals surface area contributed by atoms with Crippen molar-refractivity contribution in [2.24, 2.45) is 5.84 Å². The van der Waals surface area contributed by atoms with E-state index < -0.39 is 0 Å². The van der Waals surface area contributed by atoms with E-state index in [1.165, 1.54) is 5.23 Å². The third-order valence-corrected chi connectivity index (χ3v) is 4.10. The largest absolute Gasteiger partial charge is 0.209 e. The van der Waals surface area contributed by atoms with E-state index in [9.17, 15) is 0 Å². The lowest BCUT2D eigenvalue weighted by Gasteiger charge is -2.24. The second-order valence-electron chi connectivity index (χ2n) is 5.68. The monoisotopic (exact) mass is 334 g/mol. The highest BCUT2D eigenvalue weighted by Crippen LogP contribution is 2.22. The van der Waals surface area contributed by atoms with Crippen molar-refractivity contribution in [1.82, 2.24) is 39.5 Å². The van der Waals surface area contributed by atoms with Gasteiger partial charge in [-0.3, -0.25) is 0 Å². The van der Waals surface area contributed by atoms with Crippen LogP contribution in [0.3, 0.4) is 0 Å². The maximum absolute atomic E-state index is 6.48. The molecule has 0 aliphatic carbocycles. The molecule has 0 fully saturated rings. The Hall–Kier alpha value is -3.66. The molecule has 10 heteroatoms. The van der Waals surface area contributed by atoms with Crippen LogP contribution in [-0.4, -0.2) is 39.5 Å². The standard InChI is InChI=1S/C15H14N10/c1-11-7-13-9-17-19-21(13)23(11)25(16)24-15(12-5-3-2-4-6-12)8-14-10-18-20-22(14)24/h2-10H,16H2,1H3. The van der Waals surface area contributed by atoms with Crippen molar-refractivity contribution >= 4 is 11.0 Å². The van der Waals surface area contributed by atoms with Crippen LogP contribution in [-0.2, 0) is 0 Å². The van der Waals surface area contributed by atoms with Crippen LogP contribution < -0.4 is 11.1 Å². The number of benzene rings is 1. The summed E-state index contributed by atoms with van der Waals surface area (Å²) >= 11 is 0. The van der Waals surface area contributed by atoms with Gasteiger partial charge in [-0.25, -0.2) is 5.84 Å². The average molecular weight is 334 g/mol. The van der Waals surface area contributed by atoms with Crippen LogP contribution in [0.1, 0.15) is 5.69 Å². The summed E-state index contributed by atoms with van der Waals surface area (Å²) in [5.41, 5.74) is 4.44. The summed E-state index contributed by atoms with van der Waals surface area (Å²) in [7, 11) is 0. The number of hydrogen-bond donors (Lipinski definition) is 1. The van der Waals surface area contributed by atoms with Gasteiger partial charge in [-0.15, -0.1) is 34.3 Å². The first-order valence-electron chi connectivity index (χ1n) is 7.66. The molecule has 4 heterocycles. The van der Waals surface area contributed by atoms with Gasteiger partial charge in [-0.1, -0.05) is 30.3 Å². The van der Waals surface area contributed by atoms with Crippen molar-refractivity contribution < 1.29 is 0 Å². The molecule has 0 aliphatic rings. The predicted molar refractivity (Wildman–Crippen MR) is 89.9 cm³/mol. The van der Waals surface area contributed by atoms with E-state index >= 15 is 0 Å². The average Bonchev–Trinajstić information content (AvgIpc) is 3.34. The van der Waals surface area contributed by atoms with Crippen molar-refractivity contribution in [3.63, 3.8) is 0 Å². The van der Waals surface area contributed by atoms with Gasteiger partial charge in [-0.2, -0.15) is 0 Å². The number of hydrazine groups is 1. The fourth-order valence-electron chi connectivity index (χ4n) is 3.01. The summed E-state index contributed by atoms with van der Waals surface area (Å²) in [5.74, 6) is 6.48. The molecule has 10 nitrogen and oxygen atoms in total. The zero-order valence-corrected chi connectivity index (χ0v) is 13.3. The molecule has 124 valence electrons. The number of rotatable bonds is 3. The number of aromatic nitrogens is 8. The van der Waals surface area contributed by atoms with E-state index in [0.29, 0.717) is 0 Å². The van der Waals surface area contributed by atoms with E-state index in [0.717, 1.165) is 28.0 Å². The Labute approximate surface area is 141 Å². The summed E-state index contributed by atoms with van der Waals surface area (Å²) in [6, 6.07) is 13.9. The van der Waals surface area contributed by atoms with Crippen LogP contribution in [0.4, 0.5) is 0 Å². The maximum Gasteiger partial charge on any atom is 0.110 e. The molecule has 0 saturated heterocycles. The molecule has 0 radical (unpaired) electrons. The van der Waals surface area contributed by atoms with Gasteiger partial charge < -0.3 is 0 Å². The van der Waals surface area contributed by atoms with Gasteiger partial charge in [-0.05, 0) is 29.5 Å². The Kier molecular flexibility index (Phi) is 2.70. The SMILES string of the molecule is Cc1cc2cnnn2n1N(N)n1c(-c2ccccc2)cc2cnnn21. The Morgan fingerprint density at radius 3 is 2.24 bits per heavy atom. The third kappa shape index (κ3) is 1.88. The molecule has 0 aliphatic heterocycles. The number of nitrogens with two attached hydrogens (primary N) is 1. The van der Waals surface area contributed by atoms with Crippen molar-refractivity contribution in [3.05, 3.63) is 60.6 Å². The number of nitrogens with zero attached hydrogens (tertiary/aromatic N) is 9. The maximum atomic E-state index is 6.48. The van der Waals surface area contributed by atoms with Crippen LogP contribution in [0.5, 0.6) is 0 Å². The molecule has 0 atom stereocenters. The van der Waals surface area contributed by atoms with E-state index in [1.54, 1.807) is 31.2 Å². The van der Waals surface area contributed by atoms with Crippen molar-refractivity contribution in [2.45, 2.75) is 6.92 Å². The minimum Gasteiger partial charge on any atom is -0.209 e. The molecule has 2 N–H and O–H groups in total. The Morgan fingerprint density at radius 2 is 1.52 bits per heavy atom. The smallest absolute Gasteiger partial charge is 0.110 e. The lowest BCUT2D eigenvalue weighted by Crippen LogP contribution is -2.50. The lowest BCUT2D eigenvalue weighted by atomic mass is 10.1. The van der Waals surface area contributed by atoms with Crippen molar-refractivity contribution in [3.8, 4) is 11.3 Å². The highest BCUT2D eigenvalue weighted by molar-refractivity contribution is 5.66. The Balaban J connectivity index is 1.78. The first-order valence-corrected chi connectivity index (χ1v) is 7.66. The van der Waals surface area contributed by atoms with E-state index in [-0.39, 0.29) is 0 Å². The molecule has 5 rings (SSSR count). The molecular weight excluding hydrogens is 320 g/mol. The molecule has 0 amide bonds. The predicted octanol–water partition coefficient (Wildman–Crippen LogP) is 0.625. The van der Waals surface area contributed by atoms with Crippen molar-refractivity contribution in [2.75, 3.05) is 5.23 Å². The zero-order chi connectivity index (χ0) is 17.0. The molecule has 25 heavy (non-hydrogen) atoms. The van der Waals surface area contributed by atoms with Crippen LogP contribution in [0.25, 0.3) is 22.3 Å². The quantitative estimate of drug-likeness (QED) is 0.384. The topological polar surface area (TPSA) is 99.5 Å². The van der Waals surface area contributed by atoms with Gasteiger partial charge in [0.25, 0.3) is 0 Å². The Bertz CT molecular complexity index is 1180. The molecular formula is C15H14N10. The lowest BCUT2D eigenvalue weighted by molar-refractivity contribution is 0.373. The fourth-order valence-corrected chi connectivity index (χ4v) is 3.01. The molecule has 0 saturated carbocycles. The van der Waals surface area contributed by atoms with E-state index in [4.69, 9.17) is 5.84 Å². The van der Waals surface area contributed by atoms with Gasteiger partial charge in [0.2, 0.25) is 0 Å². The fraction of sp³-hybridized carbons (Fsp3) is 0.0667. The van der Waals surface area contributed by atoms with Crippen LogP contribution in [0, 0.1) is 6.92 Å². The highest BCUT2D eigenvalue weighted by Gasteiger charge is 2.20. The zero-order valence-electron chi connectivity index (χ0n) is 13.3. The van der Waals surface area contributed by atoms with Crippen molar-refractivity contribution in [1.29, 1.82) is 0 Å². The summed E-state index contributed by atoms with van der Waals surface area (Å²) in [4.78, 5) is 3.43. The highest BCUT2D eigenvalue weighted by atomic mass is 16.0. The summed E-state index contributed by atoms with van der Waals surface area (Å²) in [6.45, 7) is 1.94. The minimum atomic E-state index is 0.828. The molecule has 0 unspecified atom stereocenters. The number of hydrogen-bond acceptors (Lipinski definition) is 6. The molecule has 0 spiro atoms. The molecule has 5 aromatic rings. The van der Waals surface area contributed by atoms with Crippen LogP contribution in [0.15, 0.2) is 54.9 Å². The normalized spacial score (nSPS) is 11.6. The van der Waals surface area contributed by atoms with Gasteiger partial charge in [0.1, 0.15) is 11.0 Å². The second kappa shape index (κ2) is 4.92. The Morgan fingerprint density at radius 1 is 0.880 bits per heavy atom. The minimum absolute atomic E-state index is 0.828. The molecule has 4 aromatic heterocycles. The van der Waals surface area contributed by atoms with Crippen LogP contribution >= 0.6 is 0 Å². The number of fused-ring (bicyclic) bond motifs is 2. The summed E-state index contributed by atoms with van der Waals surface area (Å²) in [6.07, 6.45) is 3.36. The molecule has 0 bridgehead atoms. The van der Waals surface area contributed by atoms with E-state index in [1.807, 2.05) is 49.4 Å². The van der Waals surface area contributed by atoms with E-state index in [2.05, 4.69) is 20.6 Å². The first kappa shape index (κ1) is 13.7. The van der Waals surface area contributed by atoms with Crippen LogP contribution in [0.2, 0.25) is 0 Å². The van der Waals surface area contributed by atoms with Gasteiger partial charge in [0.05, 0.1) is 23.8 Å². The number of aryl methyl sites for hydroxylation is 1. The third-order valence-electron chi connectivity index (χ3n) is 4.10. The van der Waals surface area contributed by atoms with Gasteiger partial charge in [0, 0.05) is 5.56 Å². The second-order valence-corrected chi connectivity index (χ2v) is 5.68. The van der Waals surface area contributed by atoms with Gasteiger partial charge in [0.15, 0.2) is 0 Å².